The first kappa shape index (κ1) is 15.3. The normalized spacial score (nSPS) is 11.4. The van der Waals surface area contributed by atoms with Gasteiger partial charge in [0.1, 0.15) is 0 Å². The maximum Gasteiger partial charge on any atom is 0.194 e. The van der Waals surface area contributed by atoms with Crippen molar-refractivity contribution in [2.75, 3.05) is 0 Å². The van der Waals surface area contributed by atoms with E-state index in [1.165, 1.54) is 5.56 Å². The summed E-state index contributed by atoms with van der Waals surface area (Å²) in [5, 5.41) is 0.608. The van der Waals surface area contributed by atoms with Crippen LogP contribution in [0.4, 0.5) is 0 Å². The second-order valence-corrected chi connectivity index (χ2v) is 7.07. The van der Waals surface area contributed by atoms with Gasteiger partial charge in [-0.05, 0) is 45.1 Å². The third-order valence-electron chi connectivity index (χ3n) is 3.19. The molecule has 0 spiro atoms. The molecule has 0 radical (unpaired) electrons. The standard InChI is InChI=1S/C17H16BrClO/c1-17(2,3)12-6-4-11(5-7-12)16(20)14-9-8-13(19)10-15(14)18/h4-10H,1-3H3. The zero-order valence-corrected chi connectivity index (χ0v) is 14.0. The Balaban J connectivity index is 2.34. The van der Waals surface area contributed by atoms with E-state index in [4.69, 9.17) is 11.6 Å². The van der Waals surface area contributed by atoms with Crippen LogP contribution in [0.15, 0.2) is 46.9 Å². The topological polar surface area (TPSA) is 17.1 Å². The Morgan fingerprint density at radius 2 is 1.65 bits per heavy atom. The molecule has 0 unspecified atom stereocenters. The molecule has 0 bridgehead atoms. The minimum atomic E-state index is -0.00555. The summed E-state index contributed by atoms with van der Waals surface area (Å²) in [7, 11) is 0. The highest BCUT2D eigenvalue weighted by Crippen LogP contribution is 2.26. The monoisotopic (exact) mass is 350 g/mol. The van der Waals surface area contributed by atoms with Gasteiger partial charge >= 0.3 is 0 Å². The van der Waals surface area contributed by atoms with Crippen molar-refractivity contribution in [2.45, 2.75) is 26.2 Å². The molecule has 2 aromatic rings. The molecule has 104 valence electrons. The molecule has 0 saturated heterocycles. The third-order valence-corrected chi connectivity index (χ3v) is 4.08. The van der Waals surface area contributed by atoms with E-state index in [0.29, 0.717) is 16.1 Å². The lowest BCUT2D eigenvalue weighted by molar-refractivity contribution is 0.103. The smallest absolute Gasteiger partial charge is 0.194 e. The molecular weight excluding hydrogens is 336 g/mol. The van der Waals surface area contributed by atoms with Crippen LogP contribution in [0.2, 0.25) is 5.02 Å². The first-order chi connectivity index (χ1) is 9.29. The van der Waals surface area contributed by atoms with Gasteiger partial charge < -0.3 is 0 Å². The van der Waals surface area contributed by atoms with E-state index >= 15 is 0 Å². The van der Waals surface area contributed by atoms with Gasteiger partial charge in [0.15, 0.2) is 5.78 Å². The number of hydrogen-bond donors (Lipinski definition) is 0. The van der Waals surface area contributed by atoms with Crippen molar-refractivity contribution in [1.82, 2.24) is 0 Å². The fourth-order valence-electron chi connectivity index (χ4n) is 1.95. The molecule has 0 aromatic heterocycles. The Hall–Kier alpha value is -1.12. The number of carbonyl (C=O) groups is 1. The van der Waals surface area contributed by atoms with Crippen LogP contribution >= 0.6 is 27.5 Å². The molecule has 0 amide bonds. The molecule has 2 aromatic carbocycles. The number of ketones is 1. The highest BCUT2D eigenvalue weighted by molar-refractivity contribution is 9.10. The molecule has 20 heavy (non-hydrogen) atoms. The van der Waals surface area contributed by atoms with Crippen molar-refractivity contribution in [1.29, 1.82) is 0 Å². The van der Waals surface area contributed by atoms with Gasteiger partial charge in [0, 0.05) is 20.6 Å². The van der Waals surface area contributed by atoms with Crippen LogP contribution in [0.5, 0.6) is 0 Å². The zero-order chi connectivity index (χ0) is 14.9. The van der Waals surface area contributed by atoms with E-state index in [0.717, 1.165) is 4.47 Å². The zero-order valence-electron chi connectivity index (χ0n) is 11.7. The van der Waals surface area contributed by atoms with Crippen LogP contribution in [0, 0.1) is 0 Å². The average Bonchev–Trinajstić information content (AvgIpc) is 2.37. The third kappa shape index (κ3) is 3.31. The van der Waals surface area contributed by atoms with Crippen molar-refractivity contribution in [3.05, 3.63) is 68.7 Å². The molecular formula is C17H16BrClO. The fraction of sp³-hybridized carbons (Fsp3) is 0.235. The van der Waals surface area contributed by atoms with Crippen molar-refractivity contribution in [2.24, 2.45) is 0 Å². The Morgan fingerprint density at radius 3 is 2.15 bits per heavy atom. The first-order valence-electron chi connectivity index (χ1n) is 6.39. The number of rotatable bonds is 2. The predicted octanol–water partition coefficient (Wildman–Crippen LogP) is 5.63. The van der Waals surface area contributed by atoms with Crippen molar-refractivity contribution in [3.8, 4) is 0 Å². The fourth-order valence-corrected chi connectivity index (χ4v) is 2.81. The van der Waals surface area contributed by atoms with Crippen LogP contribution in [0.25, 0.3) is 0 Å². The van der Waals surface area contributed by atoms with E-state index in [-0.39, 0.29) is 11.2 Å². The lowest BCUT2D eigenvalue weighted by Crippen LogP contribution is -2.11. The molecule has 0 saturated carbocycles. The van der Waals surface area contributed by atoms with Gasteiger partial charge in [-0.15, -0.1) is 0 Å². The van der Waals surface area contributed by atoms with Crippen molar-refractivity contribution in [3.63, 3.8) is 0 Å². The summed E-state index contributed by atoms with van der Waals surface area (Å²) in [4.78, 5) is 12.5. The number of hydrogen-bond acceptors (Lipinski definition) is 1. The second-order valence-electron chi connectivity index (χ2n) is 5.78. The van der Waals surface area contributed by atoms with Crippen molar-refractivity contribution >= 4 is 33.3 Å². The number of benzene rings is 2. The molecule has 0 atom stereocenters. The van der Waals surface area contributed by atoms with E-state index in [9.17, 15) is 4.79 Å². The van der Waals surface area contributed by atoms with E-state index in [1.54, 1.807) is 18.2 Å². The van der Waals surface area contributed by atoms with Gasteiger partial charge in [0.25, 0.3) is 0 Å². The minimum absolute atomic E-state index is 0.00555. The lowest BCUT2D eigenvalue weighted by Gasteiger charge is -2.19. The van der Waals surface area contributed by atoms with E-state index in [1.807, 2.05) is 24.3 Å². The predicted molar refractivity (Wildman–Crippen MR) is 87.7 cm³/mol. The Labute approximate surface area is 133 Å². The van der Waals surface area contributed by atoms with Gasteiger partial charge in [-0.1, -0.05) is 56.6 Å². The molecule has 0 heterocycles. The van der Waals surface area contributed by atoms with Crippen LogP contribution < -0.4 is 0 Å². The summed E-state index contributed by atoms with van der Waals surface area (Å²) < 4.78 is 0.717. The average molecular weight is 352 g/mol. The van der Waals surface area contributed by atoms with Gasteiger partial charge in [0.2, 0.25) is 0 Å². The maximum atomic E-state index is 12.5. The van der Waals surface area contributed by atoms with Gasteiger partial charge in [-0.3, -0.25) is 4.79 Å². The minimum Gasteiger partial charge on any atom is -0.289 e. The molecule has 1 nitrogen and oxygen atoms in total. The molecule has 0 aliphatic carbocycles. The number of carbonyl (C=O) groups excluding carboxylic acids is 1. The van der Waals surface area contributed by atoms with Crippen LogP contribution in [0.1, 0.15) is 42.3 Å². The quantitative estimate of drug-likeness (QED) is 0.641. The van der Waals surface area contributed by atoms with E-state index in [2.05, 4.69) is 36.7 Å². The Kier molecular flexibility index (Phi) is 4.36. The SMILES string of the molecule is CC(C)(C)c1ccc(C(=O)c2ccc(Cl)cc2Br)cc1. The van der Waals surface area contributed by atoms with Crippen LogP contribution in [-0.2, 0) is 5.41 Å². The summed E-state index contributed by atoms with van der Waals surface area (Å²) in [6.45, 7) is 6.46. The lowest BCUT2D eigenvalue weighted by atomic mass is 9.86. The molecule has 0 aliphatic rings. The molecule has 0 N–H and O–H groups in total. The first-order valence-corrected chi connectivity index (χ1v) is 7.56. The molecule has 0 fully saturated rings. The number of halogens is 2. The highest BCUT2D eigenvalue weighted by Gasteiger charge is 2.16. The van der Waals surface area contributed by atoms with Gasteiger partial charge in [0.05, 0.1) is 0 Å². The van der Waals surface area contributed by atoms with Gasteiger partial charge in [-0.2, -0.15) is 0 Å². The van der Waals surface area contributed by atoms with Crippen LogP contribution in [-0.4, -0.2) is 5.78 Å². The highest BCUT2D eigenvalue weighted by atomic mass is 79.9. The van der Waals surface area contributed by atoms with E-state index < -0.39 is 0 Å². The maximum absolute atomic E-state index is 12.5. The summed E-state index contributed by atoms with van der Waals surface area (Å²) in [5.74, 6) is -0.00555. The Morgan fingerprint density at radius 1 is 1.05 bits per heavy atom. The Bertz CT molecular complexity index is 639. The molecule has 3 heteroatoms. The summed E-state index contributed by atoms with van der Waals surface area (Å²) in [5.41, 5.74) is 2.60. The van der Waals surface area contributed by atoms with Crippen molar-refractivity contribution < 1.29 is 4.79 Å². The summed E-state index contributed by atoms with van der Waals surface area (Å²) in [6.07, 6.45) is 0. The summed E-state index contributed by atoms with van der Waals surface area (Å²) in [6, 6.07) is 13.0. The van der Waals surface area contributed by atoms with Gasteiger partial charge in [-0.25, -0.2) is 0 Å². The molecule has 2 rings (SSSR count). The molecule has 0 aliphatic heterocycles. The second kappa shape index (κ2) is 5.71. The van der Waals surface area contributed by atoms with Crippen LogP contribution in [0.3, 0.4) is 0 Å². The largest absolute Gasteiger partial charge is 0.289 e. The summed E-state index contributed by atoms with van der Waals surface area (Å²) >= 11 is 9.28.